The van der Waals surface area contributed by atoms with Crippen LogP contribution in [0.5, 0.6) is 0 Å². The van der Waals surface area contributed by atoms with Crippen molar-refractivity contribution in [3.05, 3.63) is 35.6 Å². The van der Waals surface area contributed by atoms with Gasteiger partial charge in [-0.15, -0.1) is 0 Å². The van der Waals surface area contributed by atoms with E-state index in [-0.39, 0.29) is 12.1 Å². The van der Waals surface area contributed by atoms with Crippen molar-refractivity contribution in [1.82, 2.24) is 5.32 Å². The lowest BCUT2D eigenvalue weighted by atomic mass is 10.3. The third kappa shape index (κ3) is 2.02. The van der Waals surface area contributed by atoms with Crippen LogP contribution in [-0.2, 0) is 4.79 Å². The first kappa shape index (κ1) is 8.64. The summed E-state index contributed by atoms with van der Waals surface area (Å²) in [6, 6.07) is 0. The van der Waals surface area contributed by atoms with Gasteiger partial charge in [0, 0.05) is 11.8 Å². The second-order valence-electron chi connectivity index (χ2n) is 2.20. The predicted octanol–water partition coefficient (Wildman–Crippen LogP) is 1.73. The van der Waals surface area contributed by atoms with Gasteiger partial charge >= 0.3 is 0 Å². The predicted molar refractivity (Wildman–Crippen MR) is 40.3 cm³/mol. The van der Waals surface area contributed by atoms with Gasteiger partial charge in [0.2, 0.25) is 6.41 Å². The van der Waals surface area contributed by atoms with Crippen molar-refractivity contribution in [3.63, 3.8) is 0 Å². The van der Waals surface area contributed by atoms with E-state index in [1.54, 1.807) is 0 Å². The second kappa shape index (κ2) is 3.80. The number of hydrogen-bond donors (Lipinski definition) is 1. The molecule has 12 heavy (non-hydrogen) atoms. The monoisotopic (exact) mass is 171 g/mol. The summed E-state index contributed by atoms with van der Waals surface area (Å²) in [5.41, 5.74) is 0.270. The van der Waals surface area contributed by atoms with Crippen molar-refractivity contribution in [2.75, 3.05) is 0 Å². The van der Waals surface area contributed by atoms with Crippen LogP contribution >= 0.6 is 0 Å². The molecule has 0 aliphatic heterocycles. The molecule has 1 N–H and O–H groups in total. The molecule has 1 rings (SSSR count). The highest BCUT2D eigenvalue weighted by Gasteiger charge is 2.06. The van der Waals surface area contributed by atoms with Gasteiger partial charge in [0.05, 0.1) is 0 Å². The third-order valence-electron chi connectivity index (χ3n) is 1.37. The fraction of sp³-hybridized carbons (Fsp3) is 0.125. The summed E-state index contributed by atoms with van der Waals surface area (Å²) in [7, 11) is 0. The maximum absolute atomic E-state index is 12.6. The molecule has 0 saturated carbocycles. The molecule has 4 heteroatoms. The Bertz CT molecular complexity index is 279. The lowest BCUT2D eigenvalue weighted by molar-refractivity contribution is -0.108. The number of allylic oxidation sites excluding steroid dienone is 5. The van der Waals surface area contributed by atoms with Crippen LogP contribution in [0.4, 0.5) is 8.78 Å². The molecule has 1 aliphatic rings. The molecular formula is C8H7F2NO. The minimum Gasteiger partial charge on any atom is -0.329 e. The van der Waals surface area contributed by atoms with Crippen LogP contribution in [0.25, 0.3) is 0 Å². The first-order chi connectivity index (χ1) is 5.74. The highest BCUT2D eigenvalue weighted by molar-refractivity contribution is 5.52. The lowest BCUT2D eigenvalue weighted by Gasteiger charge is -1.95. The smallest absolute Gasteiger partial charge is 0.211 e. The topological polar surface area (TPSA) is 29.1 Å². The van der Waals surface area contributed by atoms with Crippen molar-refractivity contribution in [2.24, 2.45) is 0 Å². The molecule has 2 nitrogen and oxygen atoms in total. The quantitative estimate of drug-likeness (QED) is 0.630. The number of amides is 1. The maximum atomic E-state index is 12.6. The zero-order valence-electron chi connectivity index (χ0n) is 6.18. The molecule has 0 fully saturated rings. The summed E-state index contributed by atoms with van der Waals surface area (Å²) >= 11 is 0. The van der Waals surface area contributed by atoms with E-state index in [4.69, 9.17) is 0 Å². The van der Waals surface area contributed by atoms with E-state index in [9.17, 15) is 13.6 Å². The van der Waals surface area contributed by atoms with Crippen LogP contribution in [0.15, 0.2) is 35.6 Å². The SMILES string of the molecule is O=CNC1=CCC=C(F)C(F)=C1. The number of rotatable bonds is 2. The lowest BCUT2D eigenvalue weighted by Crippen LogP contribution is -2.07. The fourth-order valence-electron chi connectivity index (χ4n) is 0.820. The Balaban J connectivity index is 2.82. The summed E-state index contributed by atoms with van der Waals surface area (Å²) in [6.07, 6.45) is 4.24. The largest absolute Gasteiger partial charge is 0.329 e. The van der Waals surface area contributed by atoms with Crippen LogP contribution in [0.1, 0.15) is 6.42 Å². The maximum Gasteiger partial charge on any atom is 0.211 e. The summed E-state index contributed by atoms with van der Waals surface area (Å²) in [5.74, 6) is -1.86. The Labute approximate surface area is 68.3 Å². The second-order valence-corrected chi connectivity index (χ2v) is 2.20. The molecule has 1 amide bonds. The summed E-state index contributed by atoms with van der Waals surface area (Å²) in [4.78, 5) is 9.96. The molecule has 0 atom stereocenters. The zero-order chi connectivity index (χ0) is 8.97. The first-order valence-corrected chi connectivity index (χ1v) is 3.37. The molecule has 64 valence electrons. The molecular weight excluding hydrogens is 164 g/mol. The molecule has 0 spiro atoms. The molecule has 0 saturated heterocycles. The molecule has 0 aromatic rings. The zero-order valence-corrected chi connectivity index (χ0v) is 6.18. The Morgan fingerprint density at radius 3 is 2.75 bits per heavy atom. The normalized spacial score (nSPS) is 17.0. The Kier molecular flexibility index (Phi) is 2.74. The van der Waals surface area contributed by atoms with Crippen molar-refractivity contribution in [3.8, 4) is 0 Å². The molecule has 0 aromatic heterocycles. The van der Waals surface area contributed by atoms with Gasteiger partial charge in [-0.2, -0.15) is 0 Å². The van der Waals surface area contributed by atoms with Gasteiger partial charge in [0.25, 0.3) is 0 Å². The molecule has 0 radical (unpaired) electrons. The highest BCUT2D eigenvalue weighted by atomic mass is 19.2. The van der Waals surface area contributed by atoms with Gasteiger partial charge in [-0.1, -0.05) is 6.08 Å². The van der Waals surface area contributed by atoms with Gasteiger partial charge in [0.15, 0.2) is 11.7 Å². The number of carbonyl (C=O) groups is 1. The minimum absolute atomic E-state index is 0.270. The fourth-order valence-corrected chi connectivity index (χ4v) is 0.820. The van der Waals surface area contributed by atoms with Crippen LogP contribution in [0, 0.1) is 0 Å². The van der Waals surface area contributed by atoms with Gasteiger partial charge in [0.1, 0.15) is 0 Å². The Morgan fingerprint density at radius 2 is 2.08 bits per heavy atom. The molecule has 0 aromatic carbocycles. The molecule has 1 aliphatic carbocycles. The standard InChI is InChI=1S/C8H7F2NO/c9-7-3-1-2-6(11-5-12)4-8(7)10/h2-5H,1H2,(H,11,12). The van der Waals surface area contributed by atoms with Gasteiger partial charge in [-0.25, -0.2) is 8.78 Å². The van der Waals surface area contributed by atoms with Crippen molar-refractivity contribution in [1.29, 1.82) is 0 Å². The van der Waals surface area contributed by atoms with Crippen LogP contribution in [0.3, 0.4) is 0 Å². The van der Waals surface area contributed by atoms with Crippen molar-refractivity contribution >= 4 is 6.41 Å². The van der Waals surface area contributed by atoms with Crippen LogP contribution in [-0.4, -0.2) is 6.41 Å². The van der Waals surface area contributed by atoms with E-state index in [1.807, 2.05) is 0 Å². The summed E-state index contributed by atoms with van der Waals surface area (Å²) in [5, 5.41) is 2.24. The van der Waals surface area contributed by atoms with Gasteiger partial charge in [-0.3, -0.25) is 4.79 Å². The number of hydrogen-bond acceptors (Lipinski definition) is 1. The average Bonchev–Trinajstić information content (AvgIpc) is 2.16. The third-order valence-corrected chi connectivity index (χ3v) is 1.37. The molecule has 0 unspecified atom stereocenters. The first-order valence-electron chi connectivity index (χ1n) is 3.37. The van der Waals surface area contributed by atoms with E-state index in [2.05, 4.69) is 5.32 Å². The van der Waals surface area contributed by atoms with Crippen molar-refractivity contribution < 1.29 is 13.6 Å². The highest BCUT2D eigenvalue weighted by Crippen LogP contribution is 2.18. The van der Waals surface area contributed by atoms with Crippen LogP contribution < -0.4 is 5.32 Å². The molecule has 0 bridgehead atoms. The van der Waals surface area contributed by atoms with E-state index < -0.39 is 11.7 Å². The van der Waals surface area contributed by atoms with E-state index in [0.717, 1.165) is 12.2 Å². The summed E-state index contributed by atoms with van der Waals surface area (Å²) in [6.45, 7) is 0. The number of halogens is 2. The Morgan fingerprint density at radius 1 is 1.33 bits per heavy atom. The number of carbonyl (C=O) groups excluding carboxylic acids is 1. The van der Waals surface area contributed by atoms with Crippen LogP contribution in [0.2, 0.25) is 0 Å². The van der Waals surface area contributed by atoms with Gasteiger partial charge in [-0.05, 0) is 12.5 Å². The average molecular weight is 171 g/mol. The van der Waals surface area contributed by atoms with E-state index in [1.165, 1.54) is 6.08 Å². The van der Waals surface area contributed by atoms with E-state index >= 15 is 0 Å². The van der Waals surface area contributed by atoms with Crippen molar-refractivity contribution in [2.45, 2.75) is 6.42 Å². The Hall–Kier alpha value is -1.45. The minimum atomic E-state index is -0.965. The summed E-state index contributed by atoms with van der Waals surface area (Å²) < 4.78 is 25.2. The van der Waals surface area contributed by atoms with E-state index in [0.29, 0.717) is 6.41 Å². The van der Waals surface area contributed by atoms with Gasteiger partial charge < -0.3 is 5.32 Å². The molecule has 0 heterocycles. The number of nitrogens with one attached hydrogen (secondary N) is 1.